The molecule has 128 valence electrons. The molecule has 2 aliphatic rings. The van der Waals surface area contributed by atoms with Crippen LogP contribution in [0.4, 0.5) is 0 Å². The van der Waals surface area contributed by atoms with Gasteiger partial charge < -0.3 is 14.4 Å². The van der Waals surface area contributed by atoms with Crippen molar-refractivity contribution in [2.45, 2.75) is 51.4 Å². The highest BCUT2D eigenvalue weighted by Crippen LogP contribution is 2.34. The smallest absolute Gasteiger partial charge is 0.250 e. The lowest BCUT2D eigenvalue weighted by Crippen LogP contribution is -2.49. The van der Waals surface area contributed by atoms with E-state index in [4.69, 9.17) is 4.74 Å². The molecule has 1 aromatic heterocycles. The summed E-state index contributed by atoms with van der Waals surface area (Å²) < 4.78 is 7.62. The van der Waals surface area contributed by atoms with Gasteiger partial charge in [-0.1, -0.05) is 6.07 Å². The zero-order valence-electron chi connectivity index (χ0n) is 14.4. The molecule has 1 fully saturated rings. The molecule has 3 rings (SSSR count). The third-order valence-corrected chi connectivity index (χ3v) is 4.73. The molecule has 1 aromatic rings. The van der Waals surface area contributed by atoms with Crippen LogP contribution in [0, 0.1) is 5.92 Å². The Morgan fingerprint density at radius 1 is 1.30 bits per heavy atom. The van der Waals surface area contributed by atoms with Crippen LogP contribution < -0.4 is 5.56 Å². The topological polar surface area (TPSA) is 54.7 Å². The highest BCUT2D eigenvalue weighted by atomic mass is 16.5. The third-order valence-electron chi connectivity index (χ3n) is 4.73. The Labute approximate surface area is 137 Å². The summed E-state index contributed by atoms with van der Waals surface area (Å²) in [6.45, 7) is 9.66. The van der Waals surface area contributed by atoms with Gasteiger partial charge in [0.2, 0.25) is 0 Å². The molecular formula is C18H28N2O3. The van der Waals surface area contributed by atoms with Crippen molar-refractivity contribution in [3.05, 3.63) is 34.2 Å². The molecule has 2 bridgehead atoms. The van der Waals surface area contributed by atoms with Crippen molar-refractivity contribution >= 4 is 0 Å². The monoisotopic (exact) mass is 320 g/mol. The van der Waals surface area contributed by atoms with Gasteiger partial charge in [-0.15, -0.1) is 0 Å². The second-order valence-corrected chi connectivity index (χ2v) is 7.99. The molecule has 5 nitrogen and oxygen atoms in total. The summed E-state index contributed by atoms with van der Waals surface area (Å²) in [6.07, 6.45) is 0.681. The number of piperidine rings is 1. The average Bonchev–Trinajstić information content (AvgIpc) is 2.46. The molecular weight excluding hydrogens is 292 g/mol. The fourth-order valence-corrected chi connectivity index (χ4v) is 3.84. The molecule has 5 heteroatoms. The molecule has 0 amide bonds. The van der Waals surface area contributed by atoms with Crippen LogP contribution in [-0.4, -0.2) is 52.5 Å². The summed E-state index contributed by atoms with van der Waals surface area (Å²) >= 11 is 0. The third kappa shape index (κ3) is 4.03. The van der Waals surface area contributed by atoms with Crippen LogP contribution in [0.5, 0.6) is 0 Å². The summed E-state index contributed by atoms with van der Waals surface area (Å²) in [4.78, 5) is 14.4. The lowest BCUT2D eigenvalue weighted by atomic mass is 9.83. The zero-order valence-corrected chi connectivity index (χ0v) is 14.4. The predicted octanol–water partition coefficient (Wildman–Crippen LogP) is 1.44. The van der Waals surface area contributed by atoms with E-state index in [0.717, 1.165) is 31.7 Å². The number of aliphatic hydroxyl groups excluding tert-OH is 1. The molecule has 0 aliphatic carbocycles. The maximum atomic E-state index is 12.0. The first kappa shape index (κ1) is 16.7. The largest absolute Gasteiger partial charge is 0.389 e. The molecule has 0 aromatic carbocycles. The average molecular weight is 320 g/mol. The Balaban J connectivity index is 1.63. The lowest BCUT2D eigenvalue weighted by Gasteiger charge is -2.43. The van der Waals surface area contributed by atoms with E-state index in [1.807, 2.05) is 31.4 Å². The number of pyridine rings is 1. The normalized spacial score (nSPS) is 25.9. The van der Waals surface area contributed by atoms with Crippen LogP contribution in [-0.2, 0) is 11.3 Å². The van der Waals surface area contributed by atoms with Crippen molar-refractivity contribution in [1.29, 1.82) is 0 Å². The van der Waals surface area contributed by atoms with Gasteiger partial charge in [0, 0.05) is 43.9 Å². The number of hydrogen-bond acceptors (Lipinski definition) is 4. The molecule has 3 atom stereocenters. The van der Waals surface area contributed by atoms with E-state index in [1.165, 1.54) is 0 Å². The highest BCUT2D eigenvalue weighted by molar-refractivity contribution is 5.16. The SMILES string of the molecule is CC(C)(C)OCC(O)CN1C[C@@H]2C[C@H](C1)c1cccc(=O)n1C2. The maximum Gasteiger partial charge on any atom is 0.250 e. The Bertz CT molecular complexity index is 605. The molecule has 0 spiro atoms. The van der Waals surface area contributed by atoms with Gasteiger partial charge in [-0.25, -0.2) is 0 Å². The van der Waals surface area contributed by atoms with E-state index >= 15 is 0 Å². The number of hydrogen-bond donors (Lipinski definition) is 1. The van der Waals surface area contributed by atoms with Crippen LogP contribution >= 0.6 is 0 Å². The molecule has 0 radical (unpaired) electrons. The van der Waals surface area contributed by atoms with Gasteiger partial charge in [-0.2, -0.15) is 0 Å². The number of β-amino-alcohol motifs (C(OH)–C–C–N with tert-alkyl or cyclic N) is 1. The maximum absolute atomic E-state index is 12.0. The fourth-order valence-electron chi connectivity index (χ4n) is 3.84. The number of aromatic nitrogens is 1. The first-order valence-corrected chi connectivity index (χ1v) is 8.56. The second kappa shape index (κ2) is 6.38. The second-order valence-electron chi connectivity index (χ2n) is 7.99. The van der Waals surface area contributed by atoms with Crippen molar-refractivity contribution in [3.8, 4) is 0 Å². The number of likely N-dealkylation sites (tertiary alicyclic amines) is 1. The Morgan fingerprint density at radius 3 is 2.83 bits per heavy atom. The van der Waals surface area contributed by atoms with Crippen LogP contribution in [0.25, 0.3) is 0 Å². The molecule has 0 saturated carbocycles. The van der Waals surface area contributed by atoms with Crippen molar-refractivity contribution < 1.29 is 9.84 Å². The highest BCUT2D eigenvalue weighted by Gasteiger charge is 2.34. The Hall–Kier alpha value is -1.17. The summed E-state index contributed by atoms with van der Waals surface area (Å²) in [6, 6.07) is 5.58. The fraction of sp³-hybridized carbons (Fsp3) is 0.722. The van der Waals surface area contributed by atoms with Crippen LogP contribution in [0.3, 0.4) is 0 Å². The molecule has 23 heavy (non-hydrogen) atoms. The van der Waals surface area contributed by atoms with Gasteiger partial charge in [0.15, 0.2) is 0 Å². The van der Waals surface area contributed by atoms with Crippen LogP contribution in [0.1, 0.15) is 38.8 Å². The van der Waals surface area contributed by atoms with E-state index in [9.17, 15) is 9.90 Å². The van der Waals surface area contributed by atoms with E-state index in [-0.39, 0.29) is 11.2 Å². The Kier molecular flexibility index (Phi) is 4.63. The first-order chi connectivity index (χ1) is 10.8. The van der Waals surface area contributed by atoms with Gasteiger partial charge in [0.1, 0.15) is 0 Å². The standard InChI is InChI=1S/C18H28N2O3/c1-18(2,3)23-12-15(21)11-19-8-13-7-14(10-19)16-5-4-6-17(22)20(16)9-13/h4-6,13-15,21H,7-12H2,1-3H3/t13-,14+,15?/m0/s1. The molecule has 1 N–H and O–H groups in total. The van der Waals surface area contributed by atoms with Crippen molar-refractivity contribution in [2.75, 3.05) is 26.2 Å². The van der Waals surface area contributed by atoms with Crippen molar-refractivity contribution in [3.63, 3.8) is 0 Å². The van der Waals surface area contributed by atoms with E-state index < -0.39 is 6.10 Å². The van der Waals surface area contributed by atoms with Crippen LogP contribution in [0.15, 0.2) is 23.0 Å². The number of fused-ring (bicyclic) bond motifs is 4. The van der Waals surface area contributed by atoms with E-state index in [1.54, 1.807) is 6.07 Å². The summed E-state index contributed by atoms with van der Waals surface area (Å²) in [5, 5.41) is 10.2. The summed E-state index contributed by atoms with van der Waals surface area (Å²) in [5.74, 6) is 0.893. The van der Waals surface area contributed by atoms with Gasteiger partial charge >= 0.3 is 0 Å². The number of nitrogens with zero attached hydrogens (tertiary/aromatic N) is 2. The van der Waals surface area contributed by atoms with Gasteiger partial charge in [0.05, 0.1) is 18.3 Å². The van der Waals surface area contributed by atoms with E-state index in [2.05, 4.69) is 11.0 Å². The minimum atomic E-state index is -0.467. The molecule has 1 unspecified atom stereocenters. The zero-order chi connectivity index (χ0) is 16.6. The molecule has 2 aliphatic heterocycles. The minimum absolute atomic E-state index is 0.115. The first-order valence-electron chi connectivity index (χ1n) is 8.56. The quantitative estimate of drug-likeness (QED) is 0.912. The number of aliphatic hydroxyl groups is 1. The lowest BCUT2D eigenvalue weighted by molar-refractivity contribution is -0.0599. The number of rotatable bonds is 4. The minimum Gasteiger partial charge on any atom is -0.389 e. The van der Waals surface area contributed by atoms with Crippen molar-refractivity contribution in [1.82, 2.24) is 9.47 Å². The molecule has 3 heterocycles. The van der Waals surface area contributed by atoms with Gasteiger partial charge in [-0.05, 0) is 39.2 Å². The summed E-state index contributed by atoms with van der Waals surface area (Å²) in [5.41, 5.74) is 1.04. The van der Waals surface area contributed by atoms with Crippen molar-refractivity contribution in [2.24, 2.45) is 5.92 Å². The Morgan fingerprint density at radius 2 is 2.09 bits per heavy atom. The van der Waals surface area contributed by atoms with Gasteiger partial charge in [0.25, 0.3) is 5.56 Å². The summed E-state index contributed by atoms with van der Waals surface area (Å²) in [7, 11) is 0. The van der Waals surface area contributed by atoms with E-state index in [0.29, 0.717) is 25.0 Å². The molecule has 1 saturated heterocycles. The number of ether oxygens (including phenoxy) is 1. The van der Waals surface area contributed by atoms with Crippen LogP contribution in [0.2, 0.25) is 0 Å². The van der Waals surface area contributed by atoms with Gasteiger partial charge in [-0.3, -0.25) is 9.69 Å². The predicted molar refractivity (Wildman–Crippen MR) is 89.7 cm³/mol.